The van der Waals surface area contributed by atoms with E-state index in [0.717, 1.165) is 0 Å². The molecule has 0 saturated carbocycles. The van der Waals surface area contributed by atoms with Crippen molar-refractivity contribution in [2.45, 2.75) is 6.42 Å². The number of carboxylic acids is 1. The summed E-state index contributed by atoms with van der Waals surface area (Å²) in [6.45, 7) is 0. The Morgan fingerprint density at radius 1 is 1.11 bits per heavy atom. The van der Waals surface area contributed by atoms with Gasteiger partial charge in [0, 0.05) is 17.7 Å². The molecule has 0 atom stereocenters. The third-order valence-electron chi connectivity index (χ3n) is 3.87. The van der Waals surface area contributed by atoms with Gasteiger partial charge in [-0.1, -0.05) is 17.7 Å². The maximum absolute atomic E-state index is 12.5. The molecule has 8 nitrogen and oxygen atoms in total. The first-order valence-electron chi connectivity index (χ1n) is 7.69. The number of sulfonamides is 1. The molecule has 1 saturated heterocycles. The van der Waals surface area contributed by atoms with Gasteiger partial charge < -0.3 is 10.4 Å². The van der Waals surface area contributed by atoms with Gasteiger partial charge in [-0.2, -0.15) is 0 Å². The second-order valence-corrected chi connectivity index (χ2v) is 8.07. The summed E-state index contributed by atoms with van der Waals surface area (Å²) < 4.78 is 24.8. The highest BCUT2D eigenvalue weighted by molar-refractivity contribution is 7.94. The van der Waals surface area contributed by atoms with Crippen molar-refractivity contribution in [2.24, 2.45) is 0 Å². The molecule has 0 spiro atoms. The van der Waals surface area contributed by atoms with Crippen LogP contribution in [-0.2, 0) is 14.8 Å². The highest BCUT2D eigenvalue weighted by Crippen LogP contribution is 2.33. The van der Waals surface area contributed by atoms with Gasteiger partial charge in [-0.05, 0) is 36.4 Å². The molecule has 10 heteroatoms. The number of halogens is 1. The maximum Gasteiger partial charge on any atom is 0.335 e. The number of carboxylic acid groups (broad SMARTS) is 1. The molecule has 3 rings (SSSR count). The van der Waals surface area contributed by atoms with E-state index in [1.54, 1.807) is 0 Å². The lowest BCUT2D eigenvalue weighted by atomic mass is 10.1. The van der Waals surface area contributed by atoms with Crippen LogP contribution in [0.3, 0.4) is 0 Å². The van der Waals surface area contributed by atoms with Gasteiger partial charge in [-0.15, -0.1) is 0 Å². The SMILES string of the molecule is O=C(O)c1cccc(NC(=O)c2ccc(Cl)c(N3C(=O)CCS3(=O)=O)c2)c1. The predicted octanol–water partition coefficient (Wildman–Crippen LogP) is 2.36. The van der Waals surface area contributed by atoms with Crippen LogP contribution >= 0.6 is 11.6 Å². The average molecular weight is 409 g/mol. The number of hydrogen-bond donors (Lipinski definition) is 2. The molecule has 2 aromatic carbocycles. The van der Waals surface area contributed by atoms with Crippen LogP contribution in [0.1, 0.15) is 27.1 Å². The molecule has 2 amide bonds. The van der Waals surface area contributed by atoms with Gasteiger partial charge in [0.2, 0.25) is 15.9 Å². The van der Waals surface area contributed by atoms with Gasteiger partial charge in [0.25, 0.3) is 5.91 Å². The van der Waals surface area contributed by atoms with Crippen LogP contribution in [0, 0.1) is 0 Å². The van der Waals surface area contributed by atoms with E-state index < -0.39 is 27.8 Å². The van der Waals surface area contributed by atoms with E-state index in [2.05, 4.69) is 5.32 Å². The number of nitrogens with zero attached hydrogens (tertiary/aromatic N) is 1. The van der Waals surface area contributed by atoms with Crippen LogP contribution in [0.15, 0.2) is 42.5 Å². The Morgan fingerprint density at radius 3 is 2.48 bits per heavy atom. The Hall–Kier alpha value is -2.91. The fraction of sp³-hybridized carbons (Fsp3) is 0.118. The molecule has 27 heavy (non-hydrogen) atoms. The van der Waals surface area contributed by atoms with Crippen LogP contribution in [-0.4, -0.2) is 37.1 Å². The lowest BCUT2D eigenvalue weighted by Crippen LogP contribution is -2.29. The molecule has 1 aliphatic heterocycles. The zero-order valence-electron chi connectivity index (χ0n) is 13.7. The number of aromatic carboxylic acids is 1. The molecule has 0 unspecified atom stereocenters. The first-order valence-corrected chi connectivity index (χ1v) is 9.68. The van der Waals surface area contributed by atoms with Crippen LogP contribution in [0.25, 0.3) is 0 Å². The maximum atomic E-state index is 12.5. The lowest BCUT2D eigenvalue weighted by molar-refractivity contribution is -0.116. The summed E-state index contributed by atoms with van der Waals surface area (Å²) in [5.41, 5.74) is 0.218. The van der Waals surface area contributed by atoms with Crippen molar-refractivity contribution in [2.75, 3.05) is 15.4 Å². The Labute approximate surface area is 159 Å². The van der Waals surface area contributed by atoms with Gasteiger partial charge in [-0.3, -0.25) is 9.59 Å². The van der Waals surface area contributed by atoms with Crippen molar-refractivity contribution in [1.29, 1.82) is 0 Å². The molecule has 1 fully saturated rings. The molecule has 2 aromatic rings. The first kappa shape index (κ1) is 18.9. The van der Waals surface area contributed by atoms with E-state index in [1.807, 2.05) is 0 Å². The zero-order chi connectivity index (χ0) is 19.8. The molecule has 1 aliphatic rings. The second kappa shape index (κ2) is 7.01. The normalized spacial score (nSPS) is 15.6. The fourth-order valence-electron chi connectivity index (χ4n) is 2.59. The Morgan fingerprint density at radius 2 is 1.85 bits per heavy atom. The molecule has 140 valence electrons. The van der Waals surface area contributed by atoms with Gasteiger partial charge in [-0.25, -0.2) is 17.5 Å². The van der Waals surface area contributed by atoms with Gasteiger partial charge in [0.15, 0.2) is 0 Å². The predicted molar refractivity (Wildman–Crippen MR) is 98.7 cm³/mol. The number of nitrogens with one attached hydrogen (secondary N) is 1. The van der Waals surface area contributed by atoms with Crippen LogP contribution in [0.4, 0.5) is 11.4 Å². The van der Waals surface area contributed by atoms with E-state index in [9.17, 15) is 22.8 Å². The van der Waals surface area contributed by atoms with Gasteiger partial charge in [0.1, 0.15) is 0 Å². The van der Waals surface area contributed by atoms with Gasteiger partial charge >= 0.3 is 5.97 Å². The highest BCUT2D eigenvalue weighted by atomic mass is 35.5. The monoisotopic (exact) mass is 408 g/mol. The van der Waals surface area contributed by atoms with Crippen LogP contribution in [0.5, 0.6) is 0 Å². The number of benzene rings is 2. The fourth-order valence-corrected chi connectivity index (χ4v) is 4.31. The molecule has 0 bridgehead atoms. The van der Waals surface area contributed by atoms with E-state index in [4.69, 9.17) is 16.7 Å². The third kappa shape index (κ3) is 3.79. The second-order valence-electron chi connectivity index (χ2n) is 5.73. The summed E-state index contributed by atoms with van der Waals surface area (Å²) in [4.78, 5) is 35.4. The smallest absolute Gasteiger partial charge is 0.335 e. The molecule has 0 aliphatic carbocycles. The van der Waals surface area contributed by atoms with Crippen molar-refractivity contribution in [1.82, 2.24) is 0 Å². The highest BCUT2D eigenvalue weighted by Gasteiger charge is 2.37. The van der Waals surface area contributed by atoms with Crippen molar-refractivity contribution in [3.63, 3.8) is 0 Å². The van der Waals surface area contributed by atoms with E-state index in [0.29, 0.717) is 4.31 Å². The number of rotatable bonds is 4. The van der Waals surface area contributed by atoms with Gasteiger partial charge in [0.05, 0.1) is 22.0 Å². The summed E-state index contributed by atoms with van der Waals surface area (Å²) in [6.07, 6.45) is -0.156. The molecular weight excluding hydrogens is 396 g/mol. The summed E-state index contributed by atoms with van der Waals surface area (Å²) in [6, 6.07) is 9.54. The summed E-state index contributed by atoms with van der Waals surface area (Å²) in [5, 5.41) is 11.5. The molecule has 1 heterocycles. The van der Waals surface area contributed by atoms with Crippen molar-refractivity contribution >= 4 is 50.8 Å². The minimum absolute atomic E-state index is 0.00153. The van der Waals surface area contributed by atoms with Crippen molar-refractivity contribution < 1.29 is 27.9 Å². The van der Waals surface area contributed by atoms with Crippen molar-refractivity contribution in [3.8, 4) is 0 Å². The molecular formula is C17H13ClN2O6S. The van der Waals surface area contributed by atoms with E-state index >= 15 is 0 Å². The molecule has 2 N–H and O–H groups in total. The minimum Gasteiger partial charge on any atom is -0.478 e. The topological polar surface area (TPSA) is 121 Å². The minimum atomic E-state index is -3.83. The van der Waals surface area contributed by atoms with Crippen LogP contribution < -0.4 is 9.62 Å². The standard InChI is InChI=1S/C17H13ClN2O6S/c18-13-5-4-10(9-14(13)20-15(21)6-7-27(20,25)26)16(22)19-12-3-1-2-11(8-12)17(23)24/h1-5,8-9H,6-7H2,(H,19,22)(H,23,24). The number of anilines is 2. The van der Waals surface area contributed by atoms with Crippen LogP contribution in [0.2, 0.25) is 5.02 Å². The number of amides is 2. The zero-order valence-corrected chi connectivity index (χ0v) is 15.2. The largest absolute Gasteiger partial charge is 0.478 e. The number of carbonyl (C=O) groups excluding carboxylic acids is 2. The van der Waals surface area contributed by atoms with E-state index in [-0.39, 0.29) is 39.7 Å². The number of carbonyl (C=O) groups is 3. The van der Waals surface area contributed by atoms with E-state index in [1.165, 1.54) is 42.5 Å². The third-order valence-corrected chi connectivity index (χ3v) is 5.87. The Bertz CT molecular complexity index is 1070. The summed E-state index contributed by atoms with van der Waals surface area (Å²) in [7, 11) is -3.83. The molecule has 0 radical (unpaired) electrons. The number of hydrogen-bond acceptors (Lipinski definition) is 5. The van der Waals surface area contributed by atoms with Crippen molar-refractivity contribution in [3.05, 3.63) is 58.6 Å². The lowest BCUT2D eigenvalue weighted by Gasteiger charge is -2.17. The summed E-state index contributed by atoms with van der Waals surface area (Å²) in [5.74, 6) is -2.69. The first-order chi connectivity index (χ1) is 12.7. The Kier molecular flexibility index (Phi) is 4.90. The summed E-state index contributed by atoms with van der Waals surface area (Å²) >= 11 is 6.03. The quantitative estimate of drug-likeness (QED) is 0.801. The Balaban J connectivity index is 1.92. The average Bonchev–Trinajstić information content (AvgIpc) is 2.88. The molecule has 0 aromatic heterocycles.